The highest BCUT2D eigenvalue weighted by molar-refractivity contribution is 7.19. The molecular weight excluding hydrogens is 268 g/mol. The van der Waals surface area contributed by atoms with Gasteiger partial charge in [-0.05, 0) is 38.0 Å². The van der Waals surface area contributed by atoms with Gasteiger partial charge in [0.2, 0.25) is 0 Å². The summed E-state index contributed by atoms with van der Waals surface area (Å²) in [6.45, 7) is 6.15. The number of Topliss-reactive ketones (excluding diaryl/α,β-unsaturated/α-hetero) is 1. The van der Waals surface area contributed by atoms with E-state index < -0.39 is 0 Å². The van der Waals surface area contributed by atoms with Crippen LogP contribution < -0.4 is 10.6 Å². The van der Waals surface area contributed by atoms with Crippen molar-refractivity contribution in [2.45, 2.75) is 51.9 Å². The van der Waals surface area contributed by atoms with Gasteiger partial charge in [-0.1, -0.05) is 13.8 Å². The van der Waals surface area contributed by atoms with Crippen molar-refractivity contribution in [1.29, 1.82) is 0 Å². The molecule has 1 saturated carbocycles. The van der Waals surface area contributed by atoms with Crippen LogP contribution >= 0.6 is 11.3 Å². The van der Waals surface area contributed by atoms with Crippen LogP contribution in [0.15, 0.2) is 0 Å². The lowest BCUT2D eigenvalue weighted by Gasteiger charge is -2.28. The molecule has 2 heterocycles. The van der Waals surface area contributed by atoms with Crippen LogP contribution in [0.4, 0.5) is 10.7 Å². The highest BCUT2D eigenvalue weighted by Gasteiger charge is 2.35. The summed E-state index contributed by atoms with van der Waals surface area (Å²) >= 11 is 1.65. The SMILES string of the molecule is CC(C)C(=O)c1sc(N2CCCCC2)c(C2CC2)c1N. The number of carbonyl (C=O) groups excluding carboxylic acids is 1. The smallest absolute Gasteiger partial charge is 0.177 e. The van der Waals surface area contributed by atoms with Gasteiger partial charge >= 0.3 is 0 Å². The van der Waals surface area contributed by atoms with E-state index in [1.165, 1.54) is 42.7 Å². The van der Waals surface area contributed by atoms with E-state index >= 15 is 0 Å². The number of rotatable bonds is 4. The number of hydrogen-bond acceptors (Lipinski definition) is 4. The number of piperidine rings is 1. The number of nitrogen functional groups attached to an aromatic ring is 1. The monoisotopic (exact) mass is 292 g/mol. The largest absolute Gasteiger partial charge is 0.397 e. The molecule has 0 unspecified atom stereocenters. The minimum atomic E-state index is 0.0252. The zero-order valence-electron chi connectivity index (χ0n) is 12.4. The molecule has 3 nitrogen and oxygen atoms in total. The summed E-state index contributed by atoms with van der Waals surface area (Å²) in [4.78, 5) is 15.6. The first-order chi connectivity index (χ1) is 9.59. The third-order valence-corrected chi connectivity index (χ3v) is 5.64. The van der Waals surface area contributed by atoms with Gasteiger partial charge in [0, 0.05) is 24.6 Å². The molecule has 0 aromatic carbocycles. The van der Waals surface area contributed by atoms with E-state index in [0.29, 0.717) is 5.92 Å². The van der Waals surface area contributed by atoms with Crippen molar-refractivity contribution in [3.8, 4) is 0 Å². The average molecular weight is 292 g/mol. The molecule has 1 saturated heterocycles. The van der Waals surface area contributed by atoms with E-state index in [1.807, 2.05) is 13.8 Å². The average Bonchev–Trinajstić information content (AvgIpc) is 3.22. The highest BCUT2D eigenvalue weighted by Crippen LogP contribution is 2.52. The van der Waals surface area contributed by atoms with Crippen molar-refractivity contribution in [2.24, 2.45) is 5.92 Å². The molecule has 0 bridgehead atoms. The number of nitrogens with two attached hydrogens (primary N) is 1. The van der Waals surface area contributed by atoms with E-state index in [0.717, 1.165) is 23.7 Å². The Morgan fingerprint density at radius 1 is 1.25 bits per heavy atom. The Morgan fingerprint density at radius 2 is 1.90 bits per heavy atom. The lowest BCUT2D eigenvalue weighted by Crippen LogP contribution is -2.29. The van der Waals surface area contributed by atoms with Gasteiger partial charge in [-0.3, -0.25) is 4.79 Å². The van der Waals surface area contributed by atoms with Gasteiger partial charge in [0.1, 0.15) is 0 Å². The van der Waals surface area contributed by atoms with Crippen LogP contribution in [0.1, 0.15) is 67.1 Å². The summed E-state index contributed by atoms with van der Waals surface area (Å²) < 4.78 is 0. The zero-order valence-corrected chi connectivity index (χ0v) is 13.3. The Kier molecular flexibility index (Phi) is 3.76. The van der Waals surface area contributed by atoms with Crippen molar-refractivity contribution in [1.82, 2.24) is 0 Å². The Bertz CT molecular complexity index is 511. The Morgan fingerprint density at radius 3 is 2.45 bits per heavy atom. The number of hydrogen-bond donors (Lipinski definition) is 1. The first kappa shape index (κ1) is 13.9. The summed E-state index contributed by atoms with van der Waals surface area (Å²) in [5.74, 6) is 0.840. The van der Waals surface area contributed by atoms with E-state index in [2.05, 4.69) is 4.90 Å². The number of nitrogens with zero attached hydrogens (tertiary/aromatic N) is 1. The standard InChI is InChI=1S/C16H24N2OS/c1-10(2)14(19)15-13(17)12(11-6-7-11)16(20-15)18-8-4-3-5-9-18/h10-11H,3-9,17H2,1-2H3. The van der Waals surface area contributed by atoms with Crippen LogP contribution in [0, 0.1) is 5.92 Å². The predicted octanol–water partition coefficient (Wildman–Crippen LogP) is 4.04. The van der Waals surface area contributed by atoms with E-state index in [1.54, 1.807) is 11.3 Å². The number of carbonyl (C=O) groups is 1. The van der Waals surface area contributed by atoms with Crippen molar-refractivity contribution in [2.75, 3.05) is 23.7 Å². The first-order valence-electron chi connectivity index (χ1n) is 7.81. The minimum Gasteiger partial charge on any atom is -0.397 e. The second-order valence-electron chi connectivity index (χ2n) is 6.40. The Hall–Kier alpha value is -1.03. The molecule has 0 amide bonds. The molecule has 0 radical (unpaired) electrons. The summed E-state index contributed by atoms with van der Waals surface area (Å²) in [5.41, 5.74) is 8.43. The van der Waals surface area contributed by atoms with Gasteiger partial charge < -0.3 is 10.6 Å². The fourth-order valence-electron chi connectivity index (χ4n) is 2.99. The number of thiophene rings is 1. The van der Waals surface area contributed by atoms with Crippen LogP contribution in [0.2, 0.25) is 0 Å². The molecule has 2 N–H and O–H groups in total. The van der Waals surface area contributed by atoms with E-state index in [-0.39, 0.29) is 11.7 Å². The lowest BCUT2D eigenvalue weighted by molar-refractivity contribution is 0.0944. The molecule has 4 heteroatoms. The van der Waals surface area contributed by atoms with Gasteiger partial charge in [0.05, 0.1) is 15.6 Å². The maximum Gasteiger partial charge on any atom is 0.177 e. The third-order valence-electron chi connectivity index (χ3n) is 4.34. The van der Waals surface area contributed by atoms with Crippen LogP contribution in [0.25, 0.3) is 0 Å². The van der Waals surface area contributed by atoms with Gasteiger partial charge in [-0.15, -0.1) is 11.3 Å². The topological polar surface area (TPSA) is 46.3 Å². The summed E-state index contributed by atoms with van der Waals surface area (Å²) in [5, 5.41) is 1.30. The normalized spacial score (nSPS) is 19.6. The molecule has 20 heavy (non-hydrogen) atoms. The molecule has 1 aliphatic heterocycles. The molecule has 110 valence electrons. The first-order valence-corrected chi connectivity index (χ1v) is 8.62. The number of anilines is 2. The highest BCUT2D eigenvalue weighted by atomic mass is 32.1. The molecule has 1 aromatic rings. The quantitative estimate of drug-likeness (QED) is 0.852. The molecule has 1 aromatic heterocycles. The molecular formula is C16H24N2OS. The second-order valence-corrected chi connectivity index (χ2v) is 7.40. The lowest BCUT2D eigenvalue weighted by atomic mass is 10.0. The Balaban J connectivity index is 1.99. The molecule has 1 aliphatic carbocycles. The third kappa shape index (κ3) is 2.46. The predicted molar refractivity (Wildman–Crippen MR) is 85.9 cm³/mol. The van der Waals surface area contributed by atoms with Gasteiger partial charge in [0.25, 0.3) is 0 Å². The summed E-state index contributed by atoms with van der Waals surface area (Å²) in [6.07, 6.45) is 6.31. The summed E-state index contributed by atoms with van der Waals surface area (Å²) in [6, 6.07) is 0. The number of ketones is 1. The van der Waals surface area contributed by atoms with Crippen molar-refractivity contribution < 1.29 is 4.79 Å². The van der Waals surface area contributed by atoms with Crippen molar-refractivity contribution >= 4 is 27.8 Å². The van der Waals surface area contributed by atoms with Crippen LogP contribution in [-0.4, -0.2) is 18.9 Å². The van der Waals surface area contributed by atoms with Gasteiger partial charge in [-0.25, -0.2) is 0 Å². The molecule has 0 atom stereocenters. The molecule has 2 fully saturated rings. The van der Waals surface area contributed by atoms with E-state index in [4.69, 9.17) is 5.73 Å². The van der Waals surface area contributed by atoms with Crippen LogP contribution in [-0.2, 0) is 0 Å². The fraction of sp³-hybridized carbons (Fsp3) is 0.688. The van der Waals surface area contributed by atoms with Crippen molar-refractivity contribution in [3.05, 3.63) is 10.4 Å². The van der Waals surface area contributed by atoms with Crippen LogP contribution in [0.5, 0.6) is 0 Å². The molecule has 3 rings (SSSR count). The van der Waals surface area contributed by atoms with Gasteiger partial charge in [-0.2, -0.15) is 0 Å². The summed E-state index contributed by atoms with van der Waals surface area (Å²) in [7, 11) is 0. The van der Waals surface area contributed by atoms with Crippen molar-refractivity contribution in [3.63, 3.8) is 0 Å². The maximum atomic E-state index is 12.4. The van der Waals surface area contributed by atoms with E-state index in [9.17, 15) is 4.79 Å². The molecule has 0 spiro atoms. The fourth-order valence-corrected chi connectivity index (χ4v) is 4.44. The molecule has 2 aliphatic rings. The maximum absolute atomic E-state index is 12.4. The minimum absolute atomic E-state index is 0.0252. The zero-order chi connectivity index (χ0) is 14.3. The van der Waals surface area contributed by atoms with Crippen LogP contribution in [0.3, 0.4) is 0 Å². The second kappa shape index (κ2) is 5.40. The Labute approximate surface area is 125 Å². The van der Waals surface area contributed by atoms with Gasteiger partial charge in [0.15, 0.2) is 5.78 Å².